The summed E-state index contributed by atoms with van der Waals surface area (Å²) in [5, 5.41) is 25.9. The van der Waals surface area contributed by atoms with Crippen molar-refractivity contribution in [2.24, 2.45) is 5.11 Å². The highest BCUT2D eigenvalue weighted by Crippen LogP contribution is 2.34. The van der Waals surface area contributed by atoms with Crippen molar-refractivity contribution in [1.29, 1.82) is 0 Å². The molecule has 0 radical (unpaired) electrons. The molecule has 10 atom stereocenters. The Morgan fingerprint density at radius 3 is 1.25 bits per heavy atom. The van der Waals surface area contributed by atoms with Crippen LogP contribution in [-0.2, 0) is 42.6 Å². The molecule has 2 heterocycles. The molecular formula is C49H45N3O16. The Labute approximate surface area is 388 Å². The summed E-state index contributed by atoms with van der Waals surface area (Å²) < 4.78 is 54.4. The van der Waals surface area contributed by atoms with Crippen LogP contribution in [0, 0.1) is 0 Å². The van der Waals surface area contributed by atoms with E-state index in [4.69, 9.17) is 48.2 Å². The average molecular weight is 932 g/mol. The molecule has 5 aromatic carbocycles. The summed E-state index contributed by atoms with van der Waals surface area (Å²) in [4.78, 5) is 71.3. The third kappa shape index (κ3) is 12.3. The summed E-state index contributed by atoms with van der Waals surface area (Å²) in [7, 11) is 0. The van der Waals surface area contributed by atoms with E-state index in [1.165, 1.54) is 60.7 Å². The molecule has 2 N–H and O–H groups in total. The van der Waals surface area contributed by atoms with Crippen LogP contribution in [0.15, 0.2) is 157 Å². The number of rotatable bonds is 18. The number of nitrogens with zero attached hydrogens (tertiary/aromatic N) is 3. The Balaban J connectivity index is 1.26. The number of aliphatic hydroxyl groups excluding tert-OH is 2. The highest BCUT2D eigenvalue weighted by atomic mass is 16.8. The Hall–Kier alpha value is -7.48. The van der Waals surface area contributed by atoms with Crippen LogP contribution in [0.3, 0.4) is 0 Å². The Kier molecular flexibility index (Phi) is 17.0. The maximum Gasteiger partial charge on any atom is 0.338 e. The van der Waals surface area contributed by atoms with Crippen molar-refractivity contribution in [3.63, 3.8) is 0 Å². The number of azide groups is 1. The Bertz CT molecular complexity index is 2500. The van der Waals surface area contributed by atoms with Gasteiger partial charge in [0.2, 0.25) is 0 Å². The number of hydrogen-bond acceptors (Lipinski definition) is 17. The third-order valence-corrected chi connectivity index (χ3v) is 10.6. The van der Waals surface area contributed by atoms with Crippen molar-refractivity contribution in [1.82, 2.24) is 0 Å². The largest absolute Gasteiger partial charge is 0.453 e. The molecule has 2 aliphatic heterocycles. The van der Waals surface area contributed by atoms with Gasteiger partial charge in [0.05, 0.1) is 47.6 Å². The van der Waals surface area contributed by atoms with Gasteiger partial charge < -0.3 is 52.8 Å². The first-order valence-corrected chi connectivity index (χ1v) is 21.3. The summed E-state index contributed by atoms with van der Waals surface area (Å²) in [5.74, 6) is -4.58. The van der Waals surface area contributed by atoms with Crippen LogP contribution in [0.4, 0.5) is 0 Å². The molecular weight excluding hydrogens is 887 g/mol. The van der Waals surface area contributed by atoms with Gasteiger partial charge in [0.25, 0.3) is 0 Å². The molecule has 0 bridgehead atoms. The molecule has 2 saturated heterocycles. The molecule has 0 saturated carbocycles. The van der Waals surface area contributed by atoms with Gasteiger partial charge in [-0.15, -0.1) is 0 Å². The molecule has 5 aromatic rings. The van der Waals surface area contributed by atoms with Gasteiger partial charge in [0.15, 0.2) is 43.1 Å². The van der Waals surface area contributed by atoms with E-state index in [1.807, 2.05) is 0 Å². The molecule has 5 unspecified atom stereocenters. The van der Waals surface area contributed by atoms with Gasteiger partial charge in [-0.2, -0.15) is 0 Å². The van der Waals surface area contributed by atoms with E-state index >= 15 is 0 Å². The maximum atomic E-state index is 14.0. The van der Waals surface area contributed by atoms with Crippen LogP contribution in [0.2, 0.25) is 0 Å². The number of carbonyl (C=O) groups excluding carboxylic acids is 5. The SMILES string of the molecule is [N-]=[N+]=NCCOC1O[C@H](CO[C@@H]2O[C@H](CO)C(OC(=O)c3ccccc3)C(O)C2OC(=O)c2ccccc2)[C@@H](OC(=O)c2ccccc2)C(OC(=O)c2ccccc2)[C@H]1OC(=O)c1ccccc1. The number of carbonyl (C=O) groups is 5. The second kappa shape index (κ2) is 23.8. The van der Waals surface area contributed by atoms with Crippen molar-refractivity contribution in [3.8, 4) is 0 Å². The maximum absolute atomic E-state index is 14.0. The van der Waals surface area contributed by atoms with Crippen LogP contribution in [0.1, 0.15) is 51.8 Å². The zero-order valence-electron chi connectivity index (χ0n) is 36.0. The molecule has 0 aliphatic carbocycles. The molecule has 352 valence electrons. The minimum absolute atomic E-state index is 0.0686. The fourth-order valence-electron chi connectivity index (χ4n) is 7.27. The fraction of sp³-hybridized carbons (Fsp3) is 0.286. The van der Waals surface area contributed by atoms with Crippen LogP contribution in [0.5, 0.6) is 0 Å². The van der Waals surface area contributed by atoms with E-state index in [0.717, 1.165) is 0 Å². The topological polar surface area (TPSA) is 258 Å². The monoisotopic (exact) mass is 931 g/mol. The number of aliphatic hydroxyl groups is 2. The number of ether oxygens (including phenoxy) is 9. The quantitative estimate of drug-likeness (QED) is 0.0284. The van der Waals surface area contributed by atoms with Crippen molar-refractivity contribution >= 4 is 29.8 Å². The van der Waals surface area contributed by atoms with E-state index in [0.29, 0.717) is 0 Å². The minimum Gasteiger partial charge on any atom is -0.453 e. The fourth-order valence-corrected chi connectivity index (χ4v) is 7.27. The predicted octanol–water partition coefficient (Wildman–Crippen LogP) is 5.26. The smallest absolute Gasteiger partial charge is 0.338 e. The number of hydrogen-bond donors (Lipinski definition) is 2. The summed E-state index contributed by atoms with van der Waals surface area (Å²) in [6, 6.07) is 39.0. The first-order chi connectivity index (χ1) is 33.1. The second-order valence-electron chi connectivity index (χ2n) is 15.1. The highest BCUT2D eigenvalue weighted by Gasteiger charge is 2.55. The lowest BCUT2D eigenvalue weighted by atomic mass is 9.97. The summed E-state index contributed by atoms with van der Waals surface area (Å²) in [6.45, 7) is -2.07. The van der Waals surface area contributed by atoms with E-state index in [2.05, 4.69) is 10.0 Å². The minimum atomic E-state index is -1.89. The number of esters is 5. The first-order valence-electron chi connectivity index (χ1n) is 21.3. The van der Waals surface area contributed by atoms with Crippen LogP contribution >= 0.6 is 0 Å². The highest BCUT2D eigenvalue weighted by molar-refractivity contribution is 5.92. The summed E-state index contributed by atoms with van der Waals surface area (Å²) >= 11 is 0. The van der Waals surface area contributed by atoms with Crippen molar-refractivity contribution in [2.45, 2.75) is 61.4 Å². The lowest BCUT2D eigenvalue weighted by Gasteiger charge is -2.46. The standard InChI is InChI=1S/C49H45N3O16/c50-52-51-26-27-60-49-42(68-47(59)34-24-14-5-15-25-34)41(67-46(58)33-22-12-4-13-23-33)39(65-44(56)31-18-8-2-9-19-31)36(63-49)29-61-48-40(66-45(57)32-20-10-3-11-21-32)37(54)38(35(28-53)62-48)64-43(55)30-16-6-1-7-17-30/h1-25,35-42,48-49,53-54H,26-29H2/t35-,36-,37?,38?,39-,40?,41?,42-,48-,49?/m1/s1. The van der Waals surface area contributed by atoms with Gasteiger partial charge in [0, 0.05) is 11.5 Å². The van der Waals surface area contributed by atoms with E-state index in [9.17, 15) is 34.2 Å². The van der Waals surface area contributed by atoms with Gasteiger partial charge in [0.1, 0.15) is 18.3 Å². The lowest BCUT2D eigenvalue weighted by molar-refractivity contribution is -0.328. The molecule has 19 heteroatoms. The van der Waals surface area contributed by atoms with Crippen molar-refractivity contribution in [3.05, 3.63) is 190 Å². The summed E-state index contributed by atoms with van der Waals surface area (Å²) in [6.07, 6.45) is -16.8. The Morgan fingerprint density at radius 1 is 0.485 bits per heavy atom. The molecule has 19 nitrogen and oxygen atoms in total. The zero-order chi connectivity index (χ0) is 47.8. The lowest BCUT2D eigenvalue weighted by Crippen LogP contribution is -2.64. The van der Waals surface area contributed by atoms with Crippen molar-refractivity contribution < 1.29 is 76.8 Å². The molecule has 0 spiro atoms. The van der Waals surface area contributed by atoms with E-state index in [-0.39, 0.29) is 41.0 Å². The van der Waals surface area contributed by atoms with Gasteiger partial charge in [-0.25, -0.2) is 24.0 Å². The van der Waals surface area contributed by atoms with Crippen LogP contribution in [0.25, 0.3) is 10.4 Å². The van der Waals surface area contributed by atoms with Gasteiger partial charge in [-0.05, 0) is 66.2 Å². The van der Waals surface area contributed by atoms with Gasteiger partial charge in [-0.3, -0.25) is 0 Å². The van der Waals surface area contributed by atoms with Crippen LogP contribution in [-0.4, -0.2) is 128 Å². The molecule has 7 rings (SSSR count). The van der Waals surface area contributed by atoms with Crippen molar-refractivity contribution in [2.75, 3.05) is 26.4 Å². The second-order valence-corrected chi connectivity index (χ2v) is 15.1. The van der Waals surface area contributed by atoms with Crippen LogP contribution < -0.4 is 0 Å². The zero-order valence-corrected chi connectivity index (χ0v) is 36.0. The number of benzene rings is 5. The van der Waals surface area contributed by atoms with E-state index in [1.54, 1.807) is 91.0 Å². The van der Waals surface area contributed by atoms with E-state index < -0.39 is 104 Å². The summed E-state index contributed by atoms with van der Waals surface area (Å²) in [5.41, 5.74) is 9.40. The molecule has 0 aromatic heterocycles. The third-order valence-electron chi connectivity index (χ3n) is 10.6. The normalized spacial score (nSPS) is 24.3. The van der Waals surface area contributed by atoms with Gasteiger partial charge in [-0.1, -0.05) is 96.1 Å². The molecule has 2 aliphatic rings. The van der Waals surface area contributed by atoms with Gasteiger partial charge >= 0.3 is 29.8 Å². The molecule has 2 fully saturated rings. The average Bonchev–Trinajstić information content (AvgIpc) is 3.38. The molecule has 68 heavy (non-hydrogen) atoms. The Morgan fingerprint density at radius 2 is 0.838 bits per heavy atom. The first kappa shape index (κ1) is 48.5. The molecule has 0 amide bonds. The predicted molar refractivity (Wildman–Crippen MR) is 235 cm³/mol.